The fraction of sp³-hybridized carbons (Fsp3) is 0.923. The monoisotopic (exact) mass is 288 g/mol. The topological polar surface area (TPSA) is 70.0 Å². The highest BCUT2D eigenvalue weighted by molar-refractivity contribution is 7.89. The first kappa shape index (κ1) is 14.8. The number of piperidine rings is 1. The highest BCUT2D eigenvalue weighted by Crippen LogP contribution is 2.29. The molecule has 0 aromatic carbocycles. The summed E-state index contributed by atoms with van der Waals surface area (Å²) in [4.78, 5) is 0. The van der Waals surface area contributed by atoms with E-state index >= 15 is 0 Å². The molecule has 0 amide bonds. The molecule has 1 aliphatic heterocycles. The van der Waals surface area contributed by atoms with Gasteiger partial charge in [0.1, 0.15) is 0 Å². The van der Waals surface area contributed by atoms with Gasteiger partial charge in [-0.1, -0.05) is 31.3 Å². The molecule has 2 fully saturated rings. The van der Waals surface area contributed by atoms with E-state index in [0.29, 0.717) is 19.5 Å². The van der Waals surface area contributed by atoms with Crippen molar-refractivity contribution >= 4 is 15.7 Å². The normalized spacial score (nSPS) is 29.7. The van der Waals surface area contributed by atoms with E-state index in [1.54, 1.807) is 4.31 Å². The van der Waals surface area contributed by atoms with Crippen LogP contribution in [0.3, 0.4) is 0 Å². The molecule has 0 bridgehead atoms. The van der Waals surface area contributed by atoms with E-state index in [4.69, 9.17) is 5.21 Å². The standard InChI is InChI=1S/C13H24N2O3S/c1-2-11-10-15(9-8-13(11)14-16)19(17,18)12-6-4-3-5-7-12/h11-12,16H,2-10H2,1H3. The Balaban J connectivity index is 2.09. The maximum Gasteiger partial charge on any atom is 0.217 e. The summed E-state index contributed by atoms with van der Waals surface area (Å²) in [6.07, 6.45) is 6.19. The fourth-order valence-corrected chi connectivity index (χ4v) is 5.27. The Morgan fingerprint density at radius 3 is 2.58 bits per heavy atom. The predicted molar refractivity (Wildman–Crippen MR) is 75.0 cm³/mol. The summed E-state index contributed by atoms with van der Waals surface area (Å²) in [7, 11) is -3.16. The number of hydrogen-bond donors (Lipinski definition) is 1. The van der Waals surface area contributed by atoms with Crippen molar-refractivity contribution in [1.82, 2.24) is 4.31 Å². The average molecular weight is 288 g/mol. The zero-order valence-electron chi connectivity index (χ0n) is 11.6. The minimum atomic E-state index is -3.16. The van der Waals surface area contributed by atoms with E-state index in [9.17, 15) is 8.42 Å². The van der Waals surface area contributed by atoms with Gasteiger partial charge in [-0.3, -0.25) is 0 Å². The molecule has 1 heterocycles. The van der Waals surface area contributed by atoms with Crippen LogP contribution in [0, 0.1) is 5.92 Å². The minimum absolute atomic E-state index is 0.0668. The summed E-state index contributed by atoms with van der Waals surface area (Å²) < 4.78 is 26.9. The van der Waals surface area contributed by atoms with Crippen LogP contribution in [0.15, 0.2) is 5.16 Å². The molecule has 19 heavy (non-hydrogen) atoms. The SMILES string of the molecule is CCC1CN(S(=O)(=O)C2CCCCC2)CCC1=NO. The van der Waals surface area contributed by atoms with Crippen molar-refractivity contribution in [2.75, 3.05) is 13.1 Å². The van der Waals surface area contributed by atoms with E-state index in [-0.39, 0.29) is 11.2 Å². The molecule has 1 N–H and O–H groups in total. The first-order valence-corrected chi connectivity index (χ1v) is 8.79. The van der Waals surface area contributed by atoms with E-state index in [0.717, 1.165) is 44.2 Å². The van der Waals surface area contributed by atoms with E-state index in [2.05, 4.69) is 5.16 Å². The van der Waals surface area contributed by atoms with Crippen LogP contribution in [-0.2, 0) is 10.0 Å². The lowest BCUT2D eigenvalue weighted by Crippen LogP contribution is -2.47. The van der Waals surface area contributed by atoms with Gasteiger partial charge in [-0.2, -0.15) is 0 Å². The first-order chi connectivity index (χ1) is 9.09. The van der Waals surface area contributed by atoms with Gasteiger partial charge in [0.05, 0.1) is 11.0 Å². The lowest BCUT2D eigenvalue weighted by molar-refractivity contribution is 0.293. The highest BCUT2D eigenvalue weighted by atomic mass is 32.2. The van der Waals surface area contributed by atoms with Crippen LogP contribution in [0.1, 0.15) is 51.9 Å². The molecule has 2 rings (SSSR count). The number of rotatable bonds is 3. The van der Waals surface area contributed by atoms with Crippen LogP contribution in [0.25, 0.3) is 0 Å². The Kier molecular flexibility index (Phi) is 4.84. The number of nitrogens with zero attached hydrogens (tertiary/aromatic N) is 2. The zero-order valence-corrected chi connectivity index (χ0v) is 12.4. The van der Waals surface area contributed by atoms with Crippen molar-refractivity contribution in [3.8, 4) is 0 Å². The summed E-state index contributed by atoms with van der Waals surface area (Å²) >= 11 is 0. The fourth-order valence-electron chi connectivity index (χ4n) is 3.19. The second-order valence-electron chi connectivity index (χ2n) is 5.61. The Morgan fingerprint density at radius 2 is 2.00 bits per heavy atom. The third-order valence-electron chi connectivity index (χ3n) is 4.47. The number of sulfonamides is 1. The lowest BCUT2D eigenvalue weighted by Gasteiger charge is -2.35. The number of oxime groups is 1. The molecule has 6 heteroatoms. The molecule has 1 unspecified atom stereocenters. The Labute approximate surface area is 115 Å². The maximum atomic E-state index is 12.6. The van der Waals surface area contributed by atoms with Crippen molar-refractivity contribution < 1.29 is 13.6 Å². The summed E-state index contributed by atoms with van der Waals surface area (Å²) in [6.45, 7) is 2.95. The van der Waals surface area contributed by atoms with Gasteiger partial charge in [-0.25, -0.2) is 12.7 Å². The molecule has 0 spiro atoms. The zero-order chi connectivity index (χ0) is 13.9. The highest BCUT2D eigenvalue weighted by Gasteiger charge is 2.37. The Bertz CT molecular complexity index is 427. The molecule has 110 valence electrons. The van der Waals surface area contributed by atoms with Gasteiger partial charge in [-0.15, -0.1) is 0 Å². The quantitative estimate of drug-likeness (QED) is 0.639. The van der Waals surface area contributed by atoms with Crippen molar-refractivity contribution in [2.45, 2.75) is 57.1 Å². The van der Waals surface area contributed by atoms with Crippen molar-refractivity contribution in [3.05, 3.63) is 0 Å². The van der Waals surface area contributed by atoms with Gasteiger partial charge in [0.2, 0.25) is 10.0 Å². The van der Waals surface area contributed by atoms with Crippen LogP contribution in [-0.4, -0.2) is 42.0 Å². The Hall–Kier alpha value is -0.620. The second kappa shape index (κ2) is 6.22. The molecular formula is C13H24N2O3S. The summed E-state index contributed by atoms with van der Waals surface area (Å²) in [5.41, 5.74) is 0.748. The molecule has 1 atom stereocenters. The Morgan fingerprint density at radius 1 is 1.32 bits per heavy atom. The third-order valence-corrected chi connectivity index (χ3v) is 6.83. The van der Waals surface area contributed by atoms with Gasteiger partial charge in [0.15, 0.2) is 0 Å². The second-order valence-corrected chi connectivity index (χ2v) is 7.82. The van der Waals surface area contributed by atoms with Crippen LogP contribution in [0.2, 0.25) is 0 Å². The molecule has 0 aromatic heterocycles. The minimum Gasteiger partial charge on any atom is -0.411 e. The van der Waals surface area contributed by atoms with Gasteiger partial charge in [0, 0.05) is 25.4 Å². The molecule has 0 radical (unpaired) electrons. The predicted octanol–water partition coefficient (Wildman–Crippen LogP) is 2.21. The van der Waals surface area contributed by atoms with Gasteiger partial charge < -0.3 is 5.21 Å². The number of hydrogen-bond acceptors (Lipinski definition) is 4. The third kappa shape index (κ3) is 3.11. The van der Waals surface area contributed by atoms with Crippen LogP contribution < -0.4 is 0 Å². The molecule has 2 aliphatic rings. The smallest absolute Gasteiger partial charge is 0.217 e. The molecule has 1 aliphatic carbocycles. The van der Waals surface area contributed by atoms with Crippen LogP contribution in [0.5, 0.6) is 0 Å². The van der Waals surface area contributed by atoms with Crippen LogP contribution >= 0.6 is 0 Å². The maximum absolute atomic E-state index is 12.6. The van der Waals surface area contributed by atoms with Gasteiger partial charge in [-0.05, 0) is 19.3 Å². The van der Waals surface area contributed by atoms with Crippen molar-refractivity contribution in [3.63, 3.8) is 0 Å². The molecule has 1 saturated carbocycles. The average Bonchev–Trinajstić information content (AvgIpc) is 2.47. The van der Waals surface area contributed by atoms with E-state index in [1.165, 1.54) is 0 Å². The molecule has 0 aromatic rings. The molecule has 1 saturated heterocycles. The lowest BCUT2D eigenvalue weighted by atomic mass is 9.95. The largest absolute Gasteiger partial charge is 0.411 e. The van der Waals surface area contributed by atoms with Crippen LogP contribution in [0.4, 0.5) is 0 Å². The van der Waals surface area contributed by atoms with E-state index in [1.807, 2.05) is 6.92 Å². The summed E-state index contributed by atoms with van der Waals surface area (Å²) in [6, 6.07) is 0. The van der Waals surface area contributed by atoms with Gasteiger partial charge >= 0.3 is 0 Å². The first-order valence-electron chi connectivity index (χ1n) is 7.29. The van der Waals surface area contributed by atoms with Crippen molar-refractivity contribution in [1.29, 1.82) is 0 Å². The summed E-state index contributed by atoms with van der Waals surface area (Å²) in [5.74, 6) is 0.0668. The molecule has 5 nitrogen and oxygen atoms in total. The summed E-state index contributed by atoms with van der Waals surface area (Å²) in [5, 5.41) is 12.1. The van der Waals surface area contributed by atoms with E-state index < -0.39 is 10.0 Å². The van der Waals surface area contributed by atoms with Crippen molar-refractivity contribution in [2.24, 2.45) is 11.1 Å². The molecular weight excluding hydrogens is 264 g/mol. The van der Waals surface area contributed by atoms with Gasteiger partial charge in [0.25, 0.3) is 0 Å².